The highest BCUT2D eigenvalue weighted by Gasteiger charge is 2.30. The molecule has 5 nitrogen and oxygen atoms in total. The van der Waals surface area contributed by atoms with Crippen LogP contribution in [0.5, 0.6) is 0 Å². The molecule has 1 aromatic rings. The summed E-state index contributed by atoms with van der Waals surface area (Å²) in [5.41, 5.74) is 6.38. The number of rotatable bonds is 4. The third kappa shape index (κ3) is 3.88. The molecule has 0 fully saturated rings. The van der Waals surface area contributed by atoms with Crippen molar-refractivity contribution in [2.24, 2.45) is 0 Å². The predicted molar refractivity (Wildman–Crippen MR) is 70.6 cm³/mol. The fraction of sp³-hybridized carbons (Fsp3) is 0.333. The van der Waals surface area contributed by atoms with E-state index in [-0.39, 0.29) is 10.6 Å². The van der Waals surface area contributed by atoms with Crippen LogP contribution in [-0.2, 0) is 14.8 Å². The maximum absolute atomic E-state index is 12.1. The molecule has 3 N–H and O–H groups in total. The zero-order chi connectivity index (χ0) is 15.7. The molecule has 0 saturated carbocycles. The second kappa shape index (κ2) is 5.57. The highest BCUT2D eigenvalue weighted by molar-refractivity contribution is 7.89. The molecule has 0 spiro atoms. The lowest BCUT2D eigenvalue weighted by molar-refractivity contribution is -0.121. The van der Waals surface area contributed by atoms with Crippen molar-refractivity contribution in [1.29, 1.82) is 0 Å². The van der Waals surface area contributed by atoms with Crippen LogP contribution < -0.4 is 10.5 Å². The first-order valence-corrected chi connectivity index (χ1v) is 7.47. The van der Waals surface area contributed by atoms with Crippen molar-refractivity contribution in [1.82, 2.24) is 4.72 Å². The molecule has 0 aromatic heterocycles. The van der Waals surface area contributed by atoms with Crippen LogP contribution in [0.2, 0.25) is 0 Å². The number of sulfonamides is 1. The Labute approximate surface area is 119 Å². The summed E-state index contributed by atoms with van der Waals surface area (Å²) in [5, 5.41) is 0. The topological polar surface area (TPSA) is 81.4 Å². The molecular weight excluding hydrogens is 309 g/mol. The quantitative estimate of drug-likeness (QED) is 0.829. The van der Waals surface area contributed by atoms with Gasteiger partial charge in [-0.15, -0.1) is 0 Å². The van der Waals surface area contributed by atoms with E-state index in [0.717, 1.165) is 12.5 Å². The highest BCUT2D eigenvalue weighted by atomic mass is 32.2. The number of halogens is 3. The van der Waals surface area contributed by atoms with Gasteiger partial charge in [0.15, 0.2) is 0 Å². The van der Waals surface area contributed by atoms with Gasteiger partial charge in [-0.25, -0.2) is 13.1 Å². The molecule has 21 heavy (non-hydrogen) atoms. The van der Waals surface area contributed by atoms with Crippen molar-refractivity contribution in [2.75, 3.05) is 18.9 Å². The molecule has 0 aliphatic carbocycles. The molecular formula is C12H13F3N2O3S. The Kier molecular flexibility index (Phi) is 4.15. The Bertz CT molecular complexity index is 669. The van der Waals surface area contributed by atoms with Gasteiger partial charge in [0.1, 0.15) is 12.3 Å². The van der Waals surface area contributed by atoms with Crippen LogP contribution in [0.1, 0.15) is 12.0 Å². The number of nitrogens with one attached hydrogen (secondary N) is 1. The van der Waals surface area contributed by atoms with E-state index >= 15 is 0 Å². The van der Waals surface area contributed by atoms with E-state index in [2.05, 4.69) is 0 Å². The molecule has 0 amide bonds. The fourth-order valence-electron chi connectivity index (χ4n) is 1.80. The first kappa shape index (κ1) is 15.6. The van der Waals surface area contributed by atoms with E-state index < -0.39 is 22.7 Å². The number of benzene rings is 1. The summed E-state index contributed by atoms with van der Waals surface area (Å²) in [4.78, 5) is -0.327. The van der Waals surface area contributed by atoms with Crippen LogP contribution in [0.3, 0.4) is 0 Å². The van der Waals surface area contributed by atoms with Crippen LogP contribution >= 0.6 is 0 Å². The van der Waals surface area contributed by atoms with Gasteiger partial charge in [-0.3, -0.25) is 0 Å². The zero-order valence-corrected chi connectivity index (χ0v) is 11.6. The Morgan fingerprint density at radius 2 is 2.05 bits per heavy atom. The number of ether oxygens (including phenoxy) is 1. The van der Waals surface area contributed by atoms with E-state index in [1.54, 1.807) is 0 Å². The largest absolute Gasteiger partial charge is 0.493 e. The predicted octanol–water partition coefficient (Wildman–Crippen LogP) is 1.87. The van der Waals surface area contributed by atoms with E-state index in [4.69, 9.17) is 10.5 Å². The van der Waals surface area contributed by atoms with Gasteiger partial charge in [-0.1, -0.05) is 0 Å². The molecule has 1 aromatic carbocycles. The molecule has 0 bridgehead atoms. The van der Waals surface area contributed by atoms with E-state index in [1.807, 2.05) is 6.08 Å². The first-order chi connectivity index (χ1) is 9.69. The third-order valence-electron chi connectivity index (χ3n) is 2.77. The van der Waals surface area contributed by atoms with Gasteiger partial charge in [0.2, 0.25) is 10.0 Å². The maximum atomic E-state index is 12.1. The number of nitrogens with two attached hydrogens (primary N) is 1. The maximum Gasteiger partial charge on any atom is 0.402 e. The Morgan fingerprint density at radius 3 is 2.57 bits per heavy atom. The lowest BCUT2D eigenvalue weighted by Crippen LogP contribution is -2.33. The fourth-order valence-corrected chi connectivity index (χ4v) is 2.85. The number of alkyl halides is 3. The van der Waals surface area contributed by atoms with E-state index in [0.29, 0.717) is 17.9 Å². The lowest BCUT2D eigenvalue weighted by Gasteiger charge is -2.12. The SMILES string of the molecule is Nc1cc(S(=O)(=O)NCC(F)(F)F)ccc1C1=CCCO1. The van der Waals surface area contributed by atoms with E-state index in [9.17, 15) is 21.6 Å². The van der Waals surface area contributed by atoms with Gasteiger partial charge in [0.25, 0.3) is 0 Å². The van der Waals surface area contributed by atoms with Crippen LogP contribution in [0.4, 0.5) is 18.9 Å². The van der Waals surface area contributed by atoms with Crippen molar-refractivity contribution in [3.05, 3.63) is 29.8 Å². The summed E-state index contributed by atoms with van der Waals surface area (Å²) in [7, 11) is -4.27. The molecule has 0 atom stereocenters. The van der Waals surface area contributed by atoms with Crippen molar-refractivity contribution in [3.8, 4) is 0 Å². The average molecular weight is 322 g/mol. The van der Waals surface area contributed by atoms with Gasteiger partial charge in [0.05, 0.1) is 11.5 Å². The minimum Gasteiger partial charge on any atom is -0.493 e. The summed E-state index contributed by atoms with van der Waals surface area (Å²) >= 11 is 0. The summed E-state index contributed by atoms with van der Waals surface area (Å²) in [6.07, 6.45) is -2.09. The first-order valence-electron chi connectivity index (χ1n) is 5.98. The Morgan fingerprint density at radius 1 is 1.33 bits per heavy atom. The Balaban J connectivity index is 2.23. The summed E-state index contributed by atoms with van der Waals surface area (Å²) in [5.74, 6) is 0.541. The monoisotopic (exact) mass is 322 g/mol. The summed E-state index contributed by atoms with van der Waals surface area (Å²) < 4.78 is 66.5. The second-order valence-corrected chi connectivity index (χ2v) is 6.16. The van der Waals surface area contributed by atoms with Crippen molar-refractivity contribution >= 4 is 21.5 Å². The van der Waals surface area contributed by atoms with Gasteiger partial charge in [-0.2, -0.15) is 13.2 Å². The minimum atomic E-state index is -4.62. The van der Waals surface area contributed by atoms with Gasteiger partial charge < -0.3 is 10.5 Å². The van der Waals surface area contributed by atoms with Crippen LogP contribution in [0.15, 0.2) is 29.2 Å². The molecule has 0 radical (unpaired) electrons. The highest BCUT2D eigenvalue weighted by Crippen LogP contribution is 2.28. The number of hydrogen-bond acceptors (Lipinski definition) is 4. The lowest BCUT2D eigenvalue weighted by atomic mass is 10.1. The molecule has 116 valence electrons. The summed E-state index contributed by atoms with van der Waals surface area (Å²) in [6, 6.07) is 3.71. The Hall–Kier alpha value is -1.74. The number of nitrogen functional groups attached to an aromatic ring is 1. The van der Waals surface area contributed by atoms with Gasteiger partial charge in [0, 0.05) is 17.7 Å². The normalized spacial score (nSPS) is 15.7. The molecule has 1 aliphatic heterocycles. The molecule has 1 heterocycles. The average Bonchev–Trinajstić information content (AvgIpc) is 2.89. The molecule has 0 saturated heterocycles. The van der Waals surface area contributed by atoms with Gasteiger partial charge >= 0.3 is 6.18 Å². The second-order valence-electron chi connectivity index (χ2n) is 4.39. The van der Waals surface area contributed by atoms with Crippen molar-refractivity contribution in [3.63, 3.8) is 0 Å². The standard InChI is InChI=1S/C12H13F3N2O3S/c13-12(14,15)7-17-21(18,19)8-3-4-9(10(16)6-8)11-2-1-5-20-11/h2-4,6,17H,1,5,7,16H2. The molecule has 1 aliphatic rings. The number of hydrogen-bond donors (Lipinski definition) is 2. The van der Waals surface area contributed by atoms with Crippen molar-refractivity contribution in [2.45, 2.75) is 17.5 Å². The van der Waals surface area contributed by atoms with Crippen LogP contribution in [0.25, 0.3) is 5.76 Å². The zero-order valence-electron chi connectivity index (χ0n) is 10.8. The number of anilines is 1. The molecule has 9 heteroatoms. The minimum absolute atomic E-state index is 0.123. The van der Waals surface area contributed by atoms with E-state index in [1.165, 1.54) is 16.9 Å². The smallest absolute Gasteiger partial charge is 0.402 e. The van der Waals surface area contributed by atoms with Crippen LogP contribution in [-0.4, -0.2) is 27.7 Å². The molecule has 0 unspecified atom stereocenters. The summed E-state index contributed by atoms with van der Waals surface area (Å²) in [6.45, 7) is -1.12. The van der Waals surface area contributed by atoms with Gasteiger partial charge in [-0.05, 0) is 24.3 Å². The third-order valence-corrected chi connectivity index (χ3v) is 4.17. The molecule has 2 rings (SSSR count). The van der Waals surface area contributed by atoms with Crippen molar-refractivity contribution < 1.29 is 26.3 Å². The van der Waals surface area contributed by atoms with Crippen LogP contribution in [0, 0.1) is 0 Å².